The molecule has 2 aliphatic rings. The van der Waals surface area contributed by atoms with Crippen molar-refractivity contribution in [1.29, 1.82) is 0 Å². The molecule has 0 amide bonds. The Balaban J connectivity index is 2.19. The maximum atomic E-state index is 11.3. The van der Waals surface area contributed by atoms with Crippen LogP contribution in [0.1, 0.15) is 0 Å². The Morgan fingerprint density at radius 3 is 2.17 bits per heavy atom. The molecule has 0 aliphatic carbocycles. The number of hydrogen-bond acceptors (Lipinski definition) is 12. The Morgan fingerprint density at radius 1 is 1.00 bits per heavy atom. The fourth-order valence-corrected chi connectivity index (χ4v) is 2.58. The number of nitrogens with zero attached hydrogens (tertiary/aromatic N) is 1. The van der Waals surface area contributed by atoms with Gasteiger partial charge in [-0.05, 0) is 0 Å². The van der Waals surface area contributed by atoms with E-state index in [4.69, 9.17) is 19.3 Å². The molecule has 2 aliphatic heterocycles. The lowest BCUT2D eigenvalue weighted by Crippen LogP contribution is -2.63. The highest BCUT2D eigenvalue weighted by molar-refractivity contribution is 5.76. The molecule has 138 valence electrons. The predicted molar refractivity (Wildman–Crippen MR) is 71.2 cm³/mol. The van der Waals surface area contributed by atoms with Gasteiger partial charge >= 0.3 is 5.97 Å². The Kier molecular flexibility index (Phi) is 6.17. The highest BCUT2D eigenvalue weighted by atomic mass is 16.7. The number of carbonyl (C=O) groups is 1. The van der Waals surface area contributed by atoms with Crippen LogP contribution < -0.4 is 0 Å². The number of aliphatic hydroxyl groups is 6. The smallest absolute Gasteiger partial charge is 0.338 e. The molecule has 9 unspecified atom stereocenters. The van der Waals surface area contributed by atoms with Crippen molar-refractivity contribution in [2.24, 2.45) is 5.18 Å². The average molecular weight is 353 g/mol. The first-order chi connectivity index (χ1) is 11.3. The Labute approximate surface area is 135 Å². The van der Waals surface area contributed by atoms with Gasteiger partial charge in [-0.25, -0.2) is 4.79 Å². The number of hydrogen-bond donors (Lipinski definition) is 6. The molecule has 2 heterocycles. The Bertz CT molecular complexity index is 460. The van der Waals surface area contributed by atoms with Gasteiger partial charge in [-0.3, -0.25) is 0 Å². The summed E-state index contributed by atoms with van der Waals surface area (Å²) in [5.41, 5.74) is 0. The summed E-state index contributed by atoms with van der Waals surface area (Å²) in [5.74, 6) is -1.17. The normalized spacial score (nSPS) is 46.4. The maximum Gasteiger partial charge on any atom is 0.338 e. The minimum absolute atomic E-state index is 0.710. The van der Waals surface area contributed by atoms with E-state index in [0.29, 0.717) is 0 Å². The van der Waals surface area contributed by atoms with Gasteiger partial charge in [-0.15, -0.1) is 0 Å². The topological polar surface area (TPSA) is 196 Å². The number of ether oxygens (including phenoxy) is 3. The molecular weight excluding hydrogens is 334 g/mol. The summed E-state index contributed by atoms with van der Waals surface area (Å²) in [6, 6.07) is -1.62. The molecule has 24 heavy (non-hydrogen) atoms. The molecule has 12 heteroatoms. The van der Waals surface area contributed by atoms with Gasteiger partial charge in [0.15, 0.2) is 24.5 Å². The molecule has 2 fully saturated rings. The van der Waals surface area contributed by atoms with Crippen molar-refractivity contribution < 1.29 is 49.6 Å². The van der Waals surface area contributed by atoms with Crippen LogP contribution in [0.2, 0.25) is 0 Å². The summed E-state index contributed by atoms with van der Waals surface area (Å²) in [6.45, 7) is -1.47. The Morgan fingerprint density at radius 2 is 1.62 bits per heavy atom. The molecule has 12 nitrogen and oxygen atoms in total. The van der Waals surface area contributed by atoms with Crippen molar-refractivity contribution in [2.45, 2.75) is 55.1 Å². The molecule has 0 aromatic rings. The maximum absolute atomic E-state index is 11.3. The third-order valence-electron chi connectivity index (χ3n) is 3.98. The molecule has 0 aromatic heterocycles. The van der Waals surface area contributed by atoms with E-state index < -0.39 is 74.2 Å². The fraction of sp³-hybridized carbons (Fsp3) is 0.917. The van der Waals surface area contributed by atoms with Crippen molar-refractivity contribution in [2.75, 3.05) is 13.2 Å². The first-order valence-corrected chi connectivity index (χ1v) is 7.13. The summed E-state index contributed by atoms with van der Waals surface area (Å²) >= 11 is 0. The molecule has 0 saturated carbocycles. The average Bonchev–Trinajstić information content (AvgIpc) is 2.58. The van der Waals surface area contributed by atoms with Gasteiger partial charge in [0.2, 0.25) is 0 Å². The van der Waals surface area contributed by atoms with Crippen LogP contribution in [0.4, 0.5) is 0 Å². The second-order valence-corrected chi connectivity index (χ2v) is 5.50. The predicted octanol–water partition coefficient (Wildman–Crippen LogP) is -4.41. The second-order valence-electron chi connectivity index (χ2n) is 5.50. The van der Waals surface area contributed by atoms with Crippen LogP contribution in [-0.4, -0.2) is 105 Å². The number of rotatable bonds is 5. The summed E-state index contributed by atoms with van der Waals surface area (Å²) < 4.78 is 15.1. The number of cyclic esters (lactones) is 1. The number of aliphatic hydroxyl groups excluding tert-OH is 6. The van der Waals surface area contributed by atoms with E-state index in [9.17, 15) is 35.2 Å². The van der Waals surface area contributed by atoms with Gasteiger partial charge in [0.1, 0.15) is 30.5 Å². The quantitative estimate of drug-likeness (QED) is 0.206. The summed E-state index contributed by atoms with van der Waals surface area (Å²) in [5, 5.41) is 60.0. The highest BCUT2D eigenvalue weighted by Gasteiger charge is 2.51. The van der Waals surface area contributed by atoms with Gasteiger partial charge in [-0.2, -0.15) is 4.91 Å². The van der Waals surface area contributed by atoms with Crippen molar-refractivity contribution in [3.8, 4) is 0 Å². The largest absolute Gasteiger partial charge is 0.455 e. The molecule has 0 aromatic carbocycles. The van der Waals surface area contributed by atoms with E-state index in [1.54, 1.807) is 0 Å². The van der Waals surface area contributed by atoms with E-state index in [1.165, 1.54) is 0 Å². The molecule has 6 N–H and O–H groups in total. The molecule has 2 saturated heterocycles. The number of esters is 1. The molecular formula is C12H19NO11. The minimum Gasteiger partial charge on any atom is -0.455 e. The lowest BCUT2D eigenvalue weighted by Gasteiger charge is -2.43. The van der Waals surface area contributed by atoms with Crippen molar-refractivity contribution >= 4 is 5.97 Å². The van der Waals surface area contributed by atoms with E-state index in [2.05, 4.69) is 5.18 Å². The summed E-state index contributed by atoms with van der Waals surface area (Å²) in [4.78, 5) is 22.2. The molecule has 0 radical (unpaired) electrons. The van der Waals surface area contributed by atoms with Gasteiger partial charge < -0.3 is 44.8 Å². The van der Waals surface area contributed by atoms with E-state index in [0.717, 1.165) is 0 Å². The third-order valence-corrected chi connectivity index (χ3v) is 3.98. The number of nitroso groups, excluding NO2 is 1. The summed E-state index contributed by atoms with van der Waals surface area (Å²) in [7, 11) is 0. The summed E-state index contributed by atoms with van der Waals surface area (Å²) in [6.07, 6.45) is -12.9. The molecule has 0 spiro atoms. The van der Waals surface area contributed by atoms with Gasteiger partial charge in [0, 0.05) is 0 Å². The van der Waals surface area contributed by atoms with Gasteiger partial charge in [-0.1, -0.05) is 5.18 Å². The van der Waals surface area contributed by atoms with Gasteiger partial charge in [0.05, 0.1) is 13.2 Å². The zero-order valence-electron chi connectivity index (χ0n) is 12.3. The van der Waals surface area contributed by atoms with Crippen LogP contribution >= 0.6 is 0 Å². The minimum atomic E-state index is -1.95. The van der Waals surface area contributed by atoms with Crippen molar-refractivity contribution in [3.63, 3.8) is 0 Å². The Hall–Kier alpha value is -1.25. The lowest BCUT2D eigenvalue weighted by molar-refractivity contribution is -0.306. The molecule has 9 atom stereocenters. The third kappa shape index (κ3) is 3.41. The molecule has 2 rings (SSSR count). The van der Waals surface area contributed by atoms with E-state index >= 15 is 0 Å². The van der Waals surface area contributed by atoms with Crippen LogP contribution in [0.25, 0.3) is 0 Å². The van der Waals surface area contributed by atoms with Crippen LogP contribution in [0.3, 0.4) is 0 Å². The number of carbonyl (C=O) groups excluding carboxylic acids is 1. The van der Waals surface area contributed by atoms with E-state index in [-0.39, 0.29) is 0 Å². The first kappa shape index (κ1) is 19.1. The van der Waals surface area contributed by atoms with Crippen LogP contribution in [-0.2, 0) is 19.0 Å². The fourth-order valence-electron chi connectivity index (χ4n) is 2.58. The lowest BCUT2D eigenvalue weighted by atomic mass is 9.96. The monoisotopic (exact) mass is 353 g/mol. The van der Waals surface area contributed by atoms with E-state index in [1.807, 2.05) is 0 Å². The zero-order chi connectivity index (χ0) is 18.0. The second kappa shape index (κ2) is 7.76. The standard InChI is InChI=1S/C12H19NO11/c14-1-3-6(16)7(17)5(13-21)12(23-3)24-10-4(2-15)22-11(20)9(19)8(10)18/h3-10,12,14-19H,1-2H2. The highest BCUT2D eigenvalue weighted by Crippen LogP contribution is 2.28. The van der Waals surface area contributed by atoms with Crippen molar-refractivity contribution in [1.82, 2.24) is 0 Å². The van der Waals surface area contributed by atoms with Crippen LogP contribution in [0, 0.1) is 4.91 Å². The van der Waals surface area contributed by atoms with Crippen molar-refractivity contribution in [3.05, 3.63) is 4.91 Å². The van der Waals surface area contributed by atoms with Crippen LogP contribution in [0.5, 0.6) is 0 Å². The SMILES string of the molecule is O=NC1C(OC2C(CO)OC(=O)C(O)C2O)OC(CO)C(O)C1O. The van der Waals surface area contributed by atoms with Gasteiger partial charge in [0.25, 0.3) is 0 Å². The molecule has 0 bridgehead atoms. The first-order valence-electron chi connectivity index (χ1n) is 7.13. The zero-order valence-corrected chi connectivity index (χ0v) is 12.3. The van der Waals surface area contributed by atoms with Crippen LogP contribution in [0.15, 0.2) is 5.18 Å².